The molecule has 1 aromatic carbocycles. The van der Waals surface area contributed by atoms with Crippen LogP contribution in [0.25, 0.3) is 0 Å². The van der Waals surface area contributed by atoms with Gasteiger partial charge in [0.05, 0.1) is 12.7 Å². The Hall–Kier alpha value is -1.79. The van der Waals surface area contributed by atoms with Crippen LogP contribution in [0.15, 0.2) is 18.2 Å². The molecule has 2 aliphatic rings. The fourth-order valence-electron chi connectivity index (χ4n) is 4.47. The second kappa shape index (κ2) is 10.8. The Bertz CT molecular complexity index is 658. The van der Waals surface area contributed by atoms with Crippen LogP contribution in [0.1, 0.15) is 45.1 Å². The quantitative estimate of drug-likeness (QED) is 0.680. The number of urea groups is 1. The van der Waals surface area contributed by atoms with Gasteiger partial charge in [0.25, 0.3) is 0 Å². The monoisotopic (exact) mass is 402 g/mol. The molecule has 3 rings (SSSR count). The van der Waals surface area contributed by atoms with Crippen molar-refractivity contribution in [3.05, 3.63) is 23.8 Å². The first-order valence-corrected chi connectivity index (χ1v) is 11.3. The molecule has 0 aromatic heterocycles. The number of carbonyl (C=O) groups excluding carboxylic acids is 1. The van der Waals surface area contributed by atoms with Crippen LogP contribution in [0.3, 0.4) is 0 Å². The van der Waals surface area contributed by atoms with Gasteiger partial charge in [-0.15, -0.1) is 0 Å². The SMILES string of the molecule is CCN1CCN(c2ccc(NC(=O)NCCO[C@H]3CCCC[C@H]3C)cc2C)CC1. The number of aryl methyl sites for hydroxylation is 1. The molecule has 2 fully saturated rings. The molecule has 1 aliphatic heterocycles. The molecule has 0 unspecified atom stereocenters. The van der Waals surface area contributed by atoms with Gasteiger partial charge in [0.15, 0.2) is 0 Å². The van der Waals surface area contributed by atoms with Crippen molar-refractivity contribution in [3.8, 4) is 0 Å². The van der Waals surface area contributed by atoms with Gasteiger partial charge in [-0.2, -0.15) is 0 Å². The number of hydrogen-bond donors (Lipinski definition) is 2. The van der Waals surface area contributed by atoms with Gasteiger partial charge in [0, 0.05) is 44.1 Å². The number of carbonyl (C=O) groups is 1. The third-order valence-electron chi connectivity index (χ3n) is 6.37. The number of amides is 2. The number of hydrogen-bond acceptors (Lipinski definition) is 4. The molecule has 0 spiro atoms. The Morgan fingerprint density at radius 1 is 1.17 bits per heavy atom. The zero-order valence-corrected chi connectivity index (χ0v) is 18.4. The molecular weight excluding hydrogens is 364 g/mol. The van der Waals surface area contributed by atoms with Crippen LogP contribution >= 0.6 is 0 Å². The lowest BCUT2D eigenvalue weighted by molar-refractivity contribution is -0.00232. The Kier molecular flexibility index (Phi) is 8.19. The number of nitrogens with zero attached hydrogens (tertiary/aromatic N) is 2. The summed E-state index contributed by atoms with van der Waals surface area (Å²) in [6.45, 7) is 13.2. The topological polar surface area (TPSA) is 56.8 Å². The molecule has 162 valence electrons. The molecule has 6 heteroatoms. The van der Waals surface area contributed by atoms with Crippen molar-refractivity contribution >= 4 is 17.4 Å². The van der Waals surface area contributed by atoms with Crippen LogP contribution in [-0.4, -0.2) is 62.9 Å². The van der Waals surface area contributed by atoms with Crippen LogP contribution in [0.2, 0.25) is 0 Å². The second-order valence-corrected chi connectivity index (χ2v) is 8.47. The minimum atomic E-state index is -0.172. The van der Waals surface area contributed by atoms with Gasteiger partial charge < -0.3 is 25.2 Å². The van der Waals surface area contributed by atoms with E-state index in [-0.39, 0.29) is 6.03 Å². The van der Waals surface area contributed by atoms with Crippen LogP contribution in [-0.2, 0) is 4.74 Å². The number of anilines is 2. The summed E-state index contributed by atoms with van der Waals surface area (Å²) in [5.41, 5.74) is 3.29. The Morgan fingerprint density at radius 2 is 1.93 bits per heavy atom. The lowest BCUT2D eigenvalue weighted by atomic mass is 9.88. The van der Waals surface area contributed by atoms with Crippen molar-refractivity contribution in [2.75, 3.05) is 56.1 Å². The van der Waals surface area contributed by atoms with Gasteiger partial charge in [-0.3, -0.25) is 0 Å². The average Bonchev–Trinajstić information content (AvgIpc) is 2.73. The zero-order valence-electron chi connectivity index (χ0n) is 18.4. The summed E-state index contributed by atoms with van der Waals surface area (Å²) >= 11 is 0. The van der Waals surface area contributed by atoms with E-state index in [4.69, 9.17) is 4.74 Å². The number of piperazine rings is 1. The molecule has 6 nitrogen and oxygen atoms in total. The smallest absolute Gasteiger partial charge is 0.319 e. The maximum atomic E-state index is 12.2. The highest BCUT2D eigenvalue weighted by atomic mass is 16.5. The van der Waals surface area contributed by atoms with Crippen molar-refractivity contribution in [1.82, 2.24) is 10.2 Å². The van der Waals surface area contributed by atoms with E-state index >= 15 is 0 Å². The van der Waals surface area contributed by atoms with Crippen molar-refractivity contribution in [2.24, 2.45) is 5.92 Å². The number of rotatable bonds is 7. The molecule has 0 radical (unpaired) electrons. The summed E-state index contributed by atoms with van der Waals surface area (Å²) in [5.74, 6) is 0.629. The van der Waals surface area contributed by atoms with Crippen molar-refractivity contribution in [2.45, 2.75) is 52.6 Å². The zero-order chi connectivity index (χ0) is 20.6. The first-order chi connectivity index (χ1) is 14.1. The molecule has 1 heterocycles. The van der Waals surface area contributed by atoms with Gasteiger partial charge >= 0.3 is 6.03 Å². The van der Waals surface area contributed by atoms with E-state index in [1.165, 1.54) is 30.5 Å². The number of likely N-dealkylation sites (N-methyl/N-ethyl adjacent to an activating group) is 1. The maximum Gasteiger partial charge on any atom is 0.319 e. The van der Waals surface area contributed by atoms with Gasteiger partial charge in [0.2, 0.25) is 0 Å². The second-order valence-electron chi connectivity index (χ2n) is 8.47. The van der Waals surface area contributed by atoms with E-state index in [0.29, 0.717) is 25.2 Å². The van der Waals surface area contributed by atoms with E-state index in [9.17, 15) is 4.79 Å². The molecule has 1 aliphatic carbocycles. The highest BCUT2D eigenvalue weighted by Crippen LogP contribution is 2.26. The molecule has 0 bridgehead atoms. The minimum absolute atomic E-state index is 0.172. The van der Waals surface area contributed by atoms with Crippen LogP contribution < -0.4 is 15.5 Å². The number of nitrogens with one attached hydrogen (secondary N) is 2. The van der Waals surface area contributed by atoms with Crippen molar-refractivity contribution in [3.63, 3.8) is 0 Å². The summed E-state index contributed by atoms with van der Waals surface area (Å²) in [5, 5.41) is 5.85. The first-order valence-electron chi connectivity index (χ1n) is 11.3. The molecule has 2 amide bonds. The van der Waals surface area contributed by atoms with Crippen LogP contribution in [0.4, 0.5) is 16.2 Å². The largest absolute Gasteiger partial charge is 0.376 e. The molecule has 1 aromatic rings. The standard InChI is InChI=1S/C23H38N4O2/c1-4-26-12-14-27(15-13-26)21-10-9-20(17-19(21)3)25-23(28)24-11-16-29-22-8-6-5-7-18(22)2/h9-10,17-18,22H,4-8,11-16H2,1-3H3,(H2,24,25,28)/t18-,22+/m1/s1. The van der Waals surface area contributed by atoms with E-state index in [0.717, 1.165) is 44.8 Å². The maximum absolute atomic E-state index is 12.2. The Labute approximate surface area is 176 Å². The van der Waals surface area contributed by atoms with Gasteiger partial charge in [-0.05, 0) is 56.0 Å². The van der Waals surface area contributed by atoms with Crippen LogP contribution in [0, 0.1) is 12.8 Å². The molecule has 2 N–H and O–H groups in total. The number of benzene rings is 1. The highest BCUT2D eigenvalue weighted by Gasteiger charge is 2.21. The summed E-state index contributed by atoms with van der Waals surface area (Å²) in [6, 6.07) is 6.00. The summed E-state index contributed by atoms with van der Waals surface area (Å²) in [7, 11) is 0. The summed E-state index contributed by atoms with van der Waals surface area (Å²) < 4.78 is 5.96. The van der Waals surface area contributed by atoms with E-state index in [1.54, 1.807) is 0 Å². The number of ether oxygens (including phenoxy) is 1. The third kappa shape index (κ3) is 6.34. The molecule has 1 saturated heterocycles. The average molecular weight is 403 g/mol. The van der Waals surface area contributed by atoms with Crippen LogP contribution in [0.5, 0.6) is 0 Å². The fraction of sp³-hybridized carbons (Fsp3) is 0.696. The predicted octanol–water partition coefficient (Wildman–Crippen LogP) is 3.85. The summed E-state index contributed by atoms with van der Waals surface area (Å²) in [6.07, 6.45) is 5.32. The summed E-state index contributed by atoms with van der Waals surface area (Å²) in [4.78, 5) is 17.1. The molecule has 2 atom stereocenters. The van der Waals surface area contributed by atoms with Gasteiger partial charge in [-0.25, -0.2) is 4.79 Å². The molecule has 29 heavy (non-hydrogen) atoms. The third-order valence-corrected chi connectivity index (χ3v) is 6.37. The Balaban J connectivity index is 1.40. The van der Waals surface area contributed by atoms with Gasteiger partial charge in [-0.1, -0.05) is 26.7 Å². The Morgan fingerprint density at radius 3 is 2.62 bits per heavy atom. The van der Waals surface area contributed by atoms with Crippen molar-refractivity contribution in [1.29, 1.82) is 0 Å². The van der Waals surface area contributed by atoms with E-state index in [1.807, 2.05) is 6.07 Å². The molecule has 1 saturated carbocycles. The minimum Gasteiger partial charge on any atom is -0.376 e. The lowest BCUT2D eigenvalue weighted by Gasteiger charge is -2.36. The van der Waals surface area contributed by atoms with E-state index in [2.05, 4.69) is 53.3 Å². The van der Waals surface area contributed by atoms with Crippen molar-refractivity contribution < 1.29 is 9.53 Å². The van der Waals surface area contributed by atoms with E-state index < -0.39 is 0 Å². The predicted molar refractivity (Wildman–Crippen MR) is 120 cm³/mol. The van der Waals surface area contributed by atoms with Gasteiger partial charge in [0.1, 0.15) is 0 Å². The molecular formula is C23H38N4O2. The lowest BCUT2D eigenvalue weighted by Crippen LogP contribution is -2.46. The normalized spacial score (nSPS) is 23.1. The highest BCUT2D eigenvalue weighted by molar-refractivity contribution is 5.89. The fourth-order valence-corrected chi connectivity index (χ4v) is 4.47. The first kappa shape index (κ1) is 21.9.